The summed E-state index contributed by atoms with van der Waals surface area (Å²) < 4.78 is 19.9. The number of amides is 1. The van der Waals surface area contributed by atoms with Crippen molar-refractivity contribution in [2.75, 3.05) is 32.1 Å². The van der Waals surface area contributed by atoms with Crippen LogP contribution in [-0.4, -0.2) is 33.2 Å². The van der Waals surface area contributed by atoms with Crippen molar-refractivity contribution in [1.29, 1.82) is 0 Å². The number of nitrogens with one attached hydrogen (secondary N) is 1. The third-order valence-corrected chi connectivity index (χ3v) is 4.31. The number of rotatable bonds is 7. The molecule has 3 aromatic carbocycles. The highest BCUT2D eigenvalue weighted by molar-refractivity contribution is 5.94. The maximum atomic E-state index is 14.0. The lowest BCUT2D eigenvalue weighted by Gasteiger charge is -2.14. The van der Waals surface area contributed by atoms with Crippen LogP contribution in [0.25, 0.3) is 11.1 Å². The number of ether oxygens (including phenoxy) is 1. The Morgan fingerprint density at radius 2 is 1.71 bits per heavy atom. The topological polar surface area (TPSA) is 41.6 Å². The van der Waals surface area contributed by atoms with Crippen LogP contribution in [0.2, 0.25) is 0 Å². The van der Waals surface area contributed by atoms with Crippen molar-refractivity contribution < 1.29 is 13.9 Å². The molecule has 28 heavy (non-hydrogen) atoms. The third-order valence-electron chi connectivity index (χ3n) is 4.31. The molecule has 0 spiro atoms. The van der Waals surface area contributed by atoms with Gasteiger partial charge in [0.2, 0.25) is 0 Å². The van der Waals surface area contributed by atoms with Gasteiger partial charge in [0.15, 0.2) is 0 Å². The Labute approximate surface area is 164 Å². The Bertz CT molecular complexity index is 942. The van der Waals surface area contributed by atoms with Gasteiger partial charge in [0.05, 0.1) is 12.2 Å². The van der Waals surface area contributed by atoms with Crippen LogP contribution in [0.3, 0.4) is 0 Å². The van der Waals surface area contributed by atoms with Crippen LogP contribution in [0.4, 0.5) is 10.1 Å². The smallest absolute Gasteiger partial charge is 0.251 e. The molecule has 0 fully saturated rings. The molecule has 0 heterocycles. The van der Waals surface area contributed by atoms with Gasteiger partial charge in [0, 0.05) is 25.2 Å². The first kappa shape index (κ1) is 19.4. The number of anilines is 1. The maximum Gasteiger partial charge on any atom is 0.251 e. The predicted octanol–water partition coefficient (Wildman–Crippen LogP) is 4.37. The van der Waals surface area contributed by atoms with E-state index >= 15 is 0 Å². The van der Waals surface area contributed by atoms with Crippen molar-refractivity contribution in [2.45, 2.75) is 0 Å². The number of nitrogens with zero attached hydrogens (tertiary/aromatic N) is 1. The second-order valence-electron chi connectivity index (χ2n) is 6.53. The lowest BCUT2D eigenvalue weighted by molar-refractivity contribution is 0.0946. The van der Waals surface area contributed by atoms with Crippen molar-refractivity contribution in [1.82, 2.24) is 5.32 Å². The number of carbonyl (C=O) groups excluding carboxylic acids is 1. The number of para-hydroxylation sites is 1. The molecule has 1 amide bonds. The molecular formula is C23H23FN2O2. The summed E-state index contributed by atoms with van der Waals surface area (Å²) in [4.78, 5) is 13.9. The average molecular weight is 378 g/mol. The molecule has 4 nitrogen and oxygen atoms in total. The summed E-state index contributed by atoms with van der Waals surface area (Å²) in [5.41, 5.74) is 2.79. The van der Waals surface area contributed by atoms with E-state index in [1.807, 2.05) is 54.6 Å². The molecule has 1 N–H and O–H groups in total. The molecule has 0 aliphatic rings. The Morgan fingerprint density at radius 3 is 2.43 bits per heavy atom. The zero-order valence-electron chi connectivity index (χ0n) is 16.0. The van der Waals surface area contributed by atoms with E-state index in [1.165, 1.54) is 6.07 Å². The van der Waals surface area contributed by atoms with Gasteiger partial charge >= 0.3 is 0 Å². The summed E-state index contributed by atoms with van der Waals surface area (Å²) in [6.45, 7) is 0.632. The molecule has 0 saturated heterocycles. The van der Waals surface area contributed by atoms with Gasteiger partial charge in [-0.1, -0.05) is 48.5 Å². The number of benzene rings is 3. The fourth-order valence-corrected chi connectivity index (χ4v) is 2.89. The first-order valence-electron chi connectivity index (χ1n) is 9.08. The normalized spacial score (nSPS) is 10.4. The maximum absolute atomic E-state index is 14.0. The molecule has 0 aromatic heterocycles. The van der Waals surface area contributed by atoms with Gasteiger partial charge in [-0.3, -0.25) is 4.79 Å². The second-order valence-corrected chi connectivity index (χ2v) is 6.53. The molecule has 144 valence electrons. The molecule has 0 aliphatic heterocycles. The number of carbonyl (C=O) groups is 1. The fourth-order valence-electron chi connectivity index (χ4n) is 2.89. The van der Waals surface area contributed by atoms with Crippen molar-refractivity contribution in [3.8, 4) is 16.9 Å². The van der Waals surface area contributed by atoms with E-state index in [9.17, 15) is 9.18 Å². The van der Waals surface area contributed by atoms with Crippen LogP contribution < -0.4 is 15.0 Å². The molecule has 0 unspecified atom stereocenters. The monoisotopic (exact) mass is 378 g/mol. The summed E-state index contributed by atoms with van der Waals surface area (Å²) in [5.74, 6) is -0.000770. The summed E-state index contributed by atoms with van der Waals surface area (Å²) in [7, 11) is 3.51. The zero-order chi connectivity index (χ0) is 19.9. The molecule has 0 bridgehead atoms. The van der Waals surface area contributed by atoms with E-state index in [0.29, 0.717) is 18.8 Å². The van der Waals surface area contributed by atoms with Gasteiger partial charge in [-0.2, -0.15) is 0 Å². The van der Waals surface area contributed by atoms with E-state index in [-0.39, 0.29) is 11.5 Å². The lowest BCUT2D eigenvalue weighted by Crippen LogP contribution is -2.28. The molecule has 0 aliphatic carbocycles. The van der Waals surface area contributed by atoms with Gasteiger partial charge < -0.3 is 15.0 Å². The van der Waals surface area contributed by atoms with Crippen molar-refractivity contribution >= 4 is 11.6 Å². The molecule has 0 saturated carbocycles. The van der Waals surface area contributed by atoms with Gasteiger partial charge in [0.1, 0.15) is 18.2 Å². The minimum absolute atomic E-state index is 0.285. The molecule has 5 heteroatoms. The Kier molecular flexibility index (Phi) is 6.27. The fraction of sp³-hybridized carbons (Fsp3) is 0.174. The largest absolute Gasteiger partial charge is 0.491 e. The Morgan fingerprint density at radius 1 is 1.00 bits per heavy atom. The highest BCUT2D eigenvalue weighted by atomic mass is 19.1. The third kappa shape index (κ3) is 4.68. The van der Waals surface area contributed by atoms with Crippen LogP contribution in [0.15, 0.2) is 72.8 Å². The lowest BCUT2D eigenvalue weighted by atomic mass is 10.1. The summed E-state index contributed by atoms with van der Waals surface area (Å²) in [6.07, 6.45) is 0. The van der Waals surface area contributed by atoms with Crippen LogP contribution in [-0.2, 0) is 0 Å². The standard InChI is InChI=1S/C23H23FN2O2/c1-26(2)21-13-12-18(16-20(21)24)23(27)25-14-15-28-22-11-7-6-10-19(22)17-8-4-3-5-9-17/h3-13,16H,14-15H2,1-2H3,(H,25,27). The molecule has 3 aromatic rings. The predicted molar refractivity (Wildman–Crippen MR) is 110 cm³/mol. The van der Waals surface area contributed by atoms with Crippen molar-refractivity contribution in [3.05, 3.63) is 84.2 Å². The number of hydrogen-bond donors (Lipinski definition) is 1. The van der Waals surface area contributed by atoms with Crippen LogP contribution >= 0.6 is 0 Å². The zero-order valence-corrected chi connectivity index (χ0v) is 16.0. The first-order chi connectivity index (χ1) is 13.6. The van der Waals surface area contributed by atoms with Gasteiger partial charge in [-0.05, 0) is 29.8 Å². The summed E-state index contributed by atoms with van der Waals surface area (Å²) in [5, 5.41) is 2.76. The molecule has 0 atom stereocenters. The van der Waals surface area contributed by atoms with Gasteiger partial charge in [0.25, 0.3) is 5.91 Å². The van der Waals surface area contributed by atoms with E-state index in [2.05, 4.69) is 5.32 Å². The molecular weight excluding hydrogens is 355 g/mol. The van der Waals surface area contributed by atoms with E-state index in [0.717, 1.165) is 16.9 Å². The highest BCUT2D eigenvalue weighted by Crippen LogP contribution is 2.29. The molecule has 0 radical (unpaired) electrons. The second kappa shape index (κ2) is 9.04. The van der Waals surface area contributed by atoms with Gasteiger partial charge in [-0.25, -0.2) is 4.39 Å². The molecule has 3 rings (SSSR count). The van der Waals surface area contributed by atoms with E-state index in [4.69, 9.17) is 4.74 Å². The summed E-state index contributed by atoms with van der Waals surface area (Å²) >= 11 is 0. The first-order valence-corrected chi connectivity index (χ1v) is 9.08. The number of hydrogen-bond acceptors (Lipinski definition) is 3. The average Bonchev–Trinajstić information content (AvgIpc) is 2.71. The Balaban J connectivity index is 1.57. The number of halogens is 1. The van der Waals surface area contributed by atoms with Gasteiger partial charge in [-0.15, -0.1) is 0 Å². The van der Waals surface area contributed by atoms with Crippen molar-refractivity contribution in [2.24, 2.45) is 0 Å². The van der Waals surface area contributed by atoms with Crippen LogP contribution in [0, 0.1) is 5.82 Å². The van der Waals surface area contributed by atoms with Crippen LogP contribution in [0.5, 0.6) is 5.75 Å². The minimum Gasteiger partial charge on any atom is -0.491 e. The SMILES string of the molecule is CN(C)c1ccc(C(=O)NCCOc2ccccc2-c2ccccc2)cc1F. The van der Waals surface area contributed by atoms with E-state index in [1.54, 1.807) is 31.1 Å². The van der Waals surface area contributed by atoms with E-state index < -0.39 is 5.82 Å². The quantitative estimate of drug-likeness (QED) is 0.621. The Hall–Kier alpha value is -3.34. The van der Waals surface area contributed by atoms with Crippen molar-refractivity contribution in [3.63, 3.8) is 0 Å². The summed E-state index contributed by atoms with van der Waals surface area (Å²) in [6, 6.07) is 22.2. The van der Waals surface area contributed by atoms with Crippen LogP contribution in [0.1, 0.15) is 10.4 Å². The highest BCUT2D eigenvalue weighted by Gasteiger charge is 2.11. The minimum atomic E-state index is -0.425.